The van der Waals surface area contributed by atoms with Crippen molar-refractivity contribution in [3.8, 4) is 0 Å². The summed E-state index contributed by atoms with van der Waals surface area (Å²) in [6, 6.07) is 15.6. The molecular weight excluding hydrogens is 234 g/mol. The van der Waals surface area contributed by atoms with Gasteiger partial charge in [-0.05, 0) is 37.6 Å². The van der Waals surface area contributed by atoms with E-state index in [4.69, 9.17) is 0 Å². The molecule has 0 N–H and O–H groups in total. The molecule has 19 heavy (non-hydrogen) atoms. The molecule has 2 aromatic carbocycles. The SMILES string of the molecule is C=CN(c1ccccc1C)c1ccccc1C(C)=O. The van der Waals surface area contributed by atoms with Gasteiger partial charge >= 0.3 is 0 Å². The maximum Gasteiger partial charge on any atom is 0.161 e. The molecule has 0 spiro atoms. The van der Waals surface area contributed by atoms with Gasteiger partial charge in [-0.3, -0.25) is 4.79 Å². The normalized spacial score (nSPS) is 10.0. The van der Waals surface area contributed by atoms with Crippen LogP contribution in [0.4, 0.5) is 11.4 Å². The number of para-hydroxylation sites is 2. The van der Waals surface area contributed by atoms with Crippen LogP contribution >= 0.6 is 0 Å². The van der Waals surface area contributed by atoms with Gasteiger partial charge in [0, 0.05) is 17.5 Å². The van der Waals surface area contributed by atoms with Crippen LogP contribution in [0.25, 0.3) is 0 Å². The molecule has 2 heteroatoms. The highest BCUT2D eigenvalue weighted by molar-refractivity contribution is 6.00. The second kappa shape index (κ2) is 5.53. The molecule has 0 aliphatic rings. The molecule has 0 radical (unpaired) electrons. The fourth-order valence-electron chi connectivity index (χ4n) is 2.14. The predicted molar refractivity (Wildman–Crippen MR) is 80.0 cm³/mol. The summed E-state index contributed by atoms with van der Waals surface area (Å²) in [7, 11) is 0. The zero-order chi connectivity index (χ0) is 13.8. The van der Waals surface area contributed by atoms with E-state index in [1.54, 1.807) is 13.1 Å². The molecule has 2 aromatic rings. The number of aryl methyl sites for hydroxylation is 1. The van der Waals surface area contributed by atoms with Crippen molar-refractivity contribution in [2.45, 2.75) is 13.8 Å². The lowest BCUT2D eigenvalue weighted by molar-refractivity contribution is 0.101. The lowest BCUT2D eigenvalue weighted by atomic mass is 10.1. The minimum atomic E-state index is 0.0519. The van der Waals surface area contributed by atoms with Crippen molar-refractivity contribution < 1.29 is 4.79 Å². The van der Waals surface area contributed by atoms with Gasteiger partial charge in [0.2, 0.25) is 0 Å². The molecule has 0 atom stereocenters. The number of carbonyl (C=O) groups excluding carboxylic acids is 1. The van der Waals surface area contributed by atoms with Crippen molar-refractivity contribution in [3.05, 3.63) is 72.4 Å². The van der Waals surface area contributed by atoms with Gasteiger partial charge in [-0.15, -0.1) is 0 Å². The predicted octanol–water partition coefficient (Wildman–Crippen LogP) is 4.48. The van der Waals surface area contributed by atoms with Gasteiger partial charge in [-0.2, -0.15) is 0 Å². The number of ketones is 1. The Balaban J connectivity index is 2.58. The van der Waals surface area contributed by atoms with Gasteiger partial charge in [-0.1, -0.05) is 36.9 Å². The number of rotatable bonds is 4. The van der Waals surface area contributed by atoms with Crippen molar-refractivity contribution >= 4 is 17.2 Å². The van der Waals surface area contributed by atoms with Crippen molar-refractivity contribution in [3.63, 3.8) is 0 Å². The molecule has 0 aromatic heterocycles. The topological polar surface area (TPSA) is 20.3 Å². The number of Topliss-reactive ketones (excluding diaryl/α,β-unsaturated/α-hetero) is 1. The summed E-state index contributed by atoms with van der Waals surface area (Å²) in [5, 5.41) is 0. The van der Waals surface area contributed by atoms with E-state index in [0.29, 0.717) is 5.56 Å². The van der Waals surface area contributed by atoms with Gasteiger partial charge in [0.15, 0.2) is 5.78 Å². The smallest absolute Gasteiger partial charge is 0.161 e. The highest BCUT2D eigenvalue weighted by Gasteiger charge is 2.14. The van der Waals surface area contributed by atoms with Crippen LogP contribution in [0.15, 0.2) is 61.3 Å². The van der Waals surface area contributed by atoms with Gasteiger partial charge in [-0.25, -0.2) is 0 Å². The van der Waals surface area contributed by atoms with Crippen LogP contribution in [0.5, 0.6) is 0 Å². The molecule has 0 fully saturated rings. The number of hydrogen-bond donors (Lipinski definition) is 0. The monoisotopic (exact) mass is 251 g/mol. The fourth-order valence-corrected chi connectivity index (χ4v) is 2.14. The molecule has 0 bridgehead atoms. The summed E-state index contributed by atoms with van der Waals surface area (Å²) >= 11 is 0. The van der Waals surface area contributed by atoms with Gasteiger partial charge in [0.05, 0.1) is 5.69 Å². The molecule has 0 saturated heterocycles. The van der Waals surface area contributed by atoms with E-state index in [0.717, 1.165) is 16.9 Å². The first-order valence-corrected chi connectivity index (χ1v) is 6.22. The van der Waals surface area contributed by atoms with Gasteiger partial charge in [0.1, 0.15) is 0 Å². The Hall–Kier alpha value is -2.35. The molecule has 2 nitrogen and oxygen atoms in total. The fraction of sp³-hybridized carbons (Fsp3) is 0.118. The first-order chi connectivity index (χ1) is 9.15. The lowest BCUT2D eigenvalue weighted by Crippen LogP contribution is -2.12. The second-order valence-corrected chi connectivity index (χ2v) is 4.41. The molecule has 0 unspecified atom stereocenters. The first kappa shape index (κ1) is 13.1. The number of carbonyl (C=O) groups is 1. The van der Waals surface area contributed by atoms with E-state index >= 15 is 0 Å². The Kier molecular flexibility index (Phi) is 3.81. The Bertz CT molecular complexity index is 616. The average Bonchev–Trinajstić information content (AvgIpc) is 2.42. The number of nitrogens with zero attached hydrogens (tertiary/aromatic N) is 1. The van der Waals surface area contributed by atoms with E-state index in [1.165, 1.54) is 0 Å². The Morgan fingerprint density at radius 1 is 1.05 bits per heavy atom. The van der Waals surface area contributed by atoms with Crippen molar-refractivity contribution in [1.82, 2.24) is 0 Å². The molecule has 96 valence electrons. The third-order valence-electron chi connectivity index (χ3n) is 3.10. The molecule has 2 rings (SSSR count). The summed E-state index contributed by atoms with van der Waals surface area (Å²) in [4.78, 5) is 13.7. The highest BCUT2D eigenvalue weighted by atomic mass is 16.1. The summed E-state index contributed by atoms with van der Waals surface area (Å²) in [5.74, 6) is 0.0519. The van der Waals surface area contributed by atoms with Crippen molar-refractivity contribution in [2.24, 2.45) is 0 Å². The number of benzene rings is 2. The van der Waals surface area contributed by atoms with E-state index in [1.807, 2.05) is 60.4 Å². The van der Waals surface area contributed by atoms with Crippen molar-refractivity contribution in [1.29, 1.82) is 0 Å². The minimum Gasteiger partial charge on any atom is -0.317 e. The van der Waals surface area contributed by atoms with Crippen LogP contribution in [0.2, 0.25) is 0 Å². The second-order valence-electron chi connectivity index (χ2n) is 4.41. The van der Waals surface area contributed by atoms with Crippen LogP contribution in [-0.2, 0) is 0 Å². The van der Waals surface area contributed by atoms with Crippen LogP contribution in [0.3, 0.4) is 0 Å². The molecule has 0 aliphatic carbocycles. The number of hydrogen-bond acceptors (Lipinski definition) is 2. The standard InChI is InChI=1S/C17H17NO/c1-4-18(16-11-7-5-9-13(16)2)17-12-8-6-10-15(17)14(3)19/h4-12H,1H2,2-3H3. The summed E-state index contributed by atoms with van der Waals surface area (Å²) in [5.41, 5.74) is 3.73. The van der Waals surface area contributed by atoms with E-state index in [-0.39, 0.29) is 5.78 Å². The van der Waals surface area contributed by atoms with Gasteiger partial charge < -0.3 is 4.90 Å². The summed E-state index contributed by atoms with van der Waals surface area (Å²) in [6.07, 6.45) is 1.74. The lowest BCUT2D eigenvalue weighted by Gasteiger charge is -2.24. The van der Waals surface area contributed by atoms with Crippen LogP contribution < -0.4 is 4.90 Å². The molecule has 0 saturated carbocycles. The summed E-state index contributed by atoms with van der Waals surface area (Å²) < 4.78 is 0. The van der Waals surface area contributed by atoms with E-state index < -0.39 is 0 Å². The van der Waals surface area contributed by atoms with Crippen LogP contribution in [-0.4, -0.2) is 5.78 Å². The Morgan fingerprint density at radius 3 is 2.21 bits per heavy atom. The third kappa shape index (κ3) is 2.58. The third-order valence-corrected chi connectivity index (χ3v) is 3.10. The Morgan fingerprint density at radius 2 is 1.63 bits per heavy atom. The van der Waals surface area contributed by atoms with E-state index in [9.17, 15) is 4.79 Å². The zero-order valence-corrected chi connectivity index (χ0v) is 11.3. The maximum atomic E-state index is 11.7. The van der Waals surface area contributed by atoms with Crippen LogP contribution in [0, 0.1) is 6.92 Å². The number of anilines is 2. The molecular formula is C17H17NO. The van der Waals surface area contributed by atoms with Crippen molar-refractivity contribution in [2.75, 3.05) is 4.90 Å². The zero-order valence-electron chi connectivity index (χ0n) is 11.3. The quantitative estimate of drug-likeness (QED) is 0.747. The van der Waals surface area contributed by atoms with Crippen LogP contribution in [0.1, 0.15) is 22.8 Å². The first-order valence-electron chi connectivity index (χ1n) is 6.22. The van der Waals surface area contributed by atoms with E-state index in [2.05, 4.69) is 6.58 Å². The van der Waals surface area contributed by atoms with Gasteiger partial charge in [0.25, 0.3) is 0 Å². The molecule has 0 amide bonds. The molecule has 0 aliphatic heterocycles. The largest absolute Gasteiger partial charge is 0.317 e. The molecule has 0 heterocycles. The average molecular weight is 251 g/mol. The minimum absolute atomic E-state index is 0.0519. The highest BCUT2D eigenvalue weighted by Crippen LogP contribution is 2.31. The summed E-state index contributed by atoms with van der Waals surface area (Å²) in [6.45, 7) is 7.50. The Labute approximate surface area is 114 Å². The maximum absolute atomic E-state index is 11.7.